The first kappa shape index (κ1) is 23.2. The summed E-state index contributed by atoms with van der Waals surface area (Å²) < 4.78 is 17.5. The monoisotopic (exact) mass is 460 g/mol. The Balaban J connectivity index is 1.55. The van der Waals surface area contributed by atoms with Gasteiger partial charge in [0.2, 0.25) is 5.88 Å². The summed E-state index contributed by atoms with van der Waals surface area (Å²) >= 11 is 12.3. The van der Waals surface area contributed by atoms with E-state index in [-0.39, 0.29) is 0 Å². The molecule has 0 spiro atoms. The van der Waals surface area contributed by atoms with Crippen molar-refractivity contribution in [1.29, 1.82) is 0 Å². The van der Waals surface area contributed by atoms with Crippen molar-refractivity contribution in [2.75, 3.05) is 19.8 Å². The van der Waals surface area contributed by atoms with Crippen molar-refractivity contribution in [2.24, 2.45) is 0 Å². The quantitative estimate of drug-likeness (QED) is 0.339. The molecule has 0 aliphatic heterocycles. The highest BCUT2D eigenvalue weighted by atomic mass is 35.5. The number of ether oxygens (including phenoxy) is 3. The van der Waals surface area contributed by atoms with Crippen LogP contribution in [0.4, 0.5) is 0 Å². The van der Waals surface area contributed by atoms with Crippen LogP contribution in [0, 0.1) is 0 Å². The van der Waals surface area contributed by atoms with Crippen molar-refractivity contribution < 1.29 is 14.2 Å². The molecular formula is C24H26Cl2N2O3. The molecule has 0 saturated heterocycles. The lowest BCUT2D eigenvalue weighted by Crippen LogP contribution is -2.18. The van der Waals surface area contributed by atoms with Gasteiger partial charge >= 0.3 is 0 Å². The zero-order valence-electron chi connectivity index (χ0n) is 17.4. The highest BCUT2D eigenvalue weighted by Gasteiger charge is 2.12. The molecule has 164 valence electrons. The summed E-state index contributed by atoms with van der Waals surface area (Å²) in [5.74, 6) is 2.07. The molecule has 31 heavy (non-hydrogen) atoms. The molecule has 1 aromatic heterocycles. The van der Waals surface area contributed by atoms with Gasteiger partial charge < -0.3 is 19.5 Å². The fourth-order valence-electron chi connectivity index (χ4n) is 2.95. The Morgan fingerprint density at radius 3 is 2.61 bits per heavy atom. The van der Waals surface area contributed by atoms with Crippen LogP contribution in [0.5, 0.6) is 17.4 Å². The highest BCUT2D eigenvalue weighted by molar-refractivity contribution is 6.35. The molecular weight excluding hydrogens is 435 g/mol. The van der Waals surface area contributed by atoms with Crippen LogP contribution in [0.1, 0.15) is 24.5 Å². The van der Waals surface area contributed by atoms with Gasteiger partial charge in [-0.3, -0.25) is 0 Å². The van der Waals surface area contributed by atoms with Crippen molar-refractivity contribution in [2.45, 2.75) is 26.5 Å². The number of nitrogens with zero attached hydrogens (tertiary/aromatic N) is 1. The lowest BCUT2D eigenvalue weighted by atomic mass is 10.1. The summed E-state index contributed by atoms with van der Waals surface area (Å²) in [5, 5.41) is 4.61. The first-order valence-corrected chi connectivity index (χ1v) is 11.0. The minimum atomic E-state index is 0.324. The third kappa shape index (κ3) is 7.31. The second kappa shape index (κ2) is 12.4. The normalized spacial score (nSPS) is 10.7. The van der Waals surface area contributed by atoms with Crippen molar-refractivity contribution in [3.8, 4) is 17.4 Å². The Labute approximate surface area is 193 Å². The summed E-state index contributed by atoms with van der Waals surface area (Å²) in [4.78, 5) is 4.15. The van der Waals surface area contributed by atoms with Gasteiger partial charge in [-0.15, -0.1) is 0 Å². The van der Waals surface area contributed by atoms with Crippen LogP contribution >= 0.6 is 23.2 Å². The molecule has 3 rings (SSSR count). The molecule has 0 radical (unpaired) electrons. The van der Waals surface area contributed by atoms with Crippen LogP contribution in [0.3, 0.4) is 0 Å². The predicted molar refractivity (Wildman–Crippen MR) is 124 cm³/mol. The van der Waals surface area contributed by atoms with Crippen LogP contribution in [0.25, 0.3) is 0 Å². The lowest BCUT2D eigenvalue weighted by molar-refractivity contribution is 0.265. The van der Waals surface area contributed by atoms with Crippen LogP contribution in [0.2, 0.25) is 10.0 Å². The van der Waals surface area contributed by atoms with Gasteiger partial charge in [0.05, 0.1) is 13.2 Å². The van der Waals surface area contributed by atoms with Crippen molar-refractivity contribution >= 4 is 23.2 Å². The fraction of sp³-hybridized carbons (Fsp3) is 0.292. The summed E-state index contributed by atoms with van der Waals surface area (Å²) in [6.45, 7) is 4.88. The summed E-state index contributed by atoms with van der Waals surface area (Å²) in [6.07, 6.45) is 2.58. The summed E-state index contributed by atoms with van der Waals surface area (Å²) in [7, 11) is 0. The SMILES string of the molecule is CCOc1cccc(CNCCCOc2ccccn2)c1OCc1ccc(Cl)cc1Cl. The largest absolute Gasteiger partial charge is 0.490 e. The molecule has 0 amide bonds. The highest BCUT2D eigenvalue weighted by Crippen LogP contribution is 2.33. The van der Waals surface area contributed by atoms with E-state index in [0.717, 1.165) is 24.1 Å². The summed E-state index contributed by atoms with van der Waals surface area (Å²) in [6, 6.07) is 16.9. The van der Waals surface area contributed by atoms with Crippen molar-refractivity contribution in [3.63, 3.8) is 0 Å². The number of hydrogen-bond donors (Lipinski definition) is 1. The molecule has 5 nitrogen and oxygen atoms in total. The molecule has 1 N–H and O–H groups in total. The van der Waals surface area contributed by atoms with Gasteiger partial charge in [-0.05, 0) is 44.2 Å². The lowest BCUT2D eigenvalue weighted by Gasteiger charge is -2.17. The molecule has 0 saturated carbocycles. The van der Waals surface area contributed by atoms with E-state index in [9.17, 15) is 0 Å². The molecule has 2 aromatic carbocycles. The Bertz CT molecular complexity index is 955. The number of aromatic nitrogens is 1. The van der Waals surface area contributed by atoms with Gasteiger partial charge in [-0.1, -0.05) is 47.5 Å². The number of nitrogens with one attached hydrogen (secondary N) is 1. The number of rotatable bonds is 12. The Morgan fingerprint density at radius 1 is 0.935 bits per heavy atom. The zero-order chi connectivity index (χ0) is 21.9. The maximum absolute atomic E-state index is 6.29. The minimum absolute atomic E-state index is 0.324. The van der Waals surface area contributed by atoms with Gasteiger partial charge in [0.1, 0.15) is 6.61 Å². The number of hydrogen-bond acceptors (Lipinski definition) is 5. The first-order valence-electron chi connectivity index (χ1n) is 10.2. The molecule has 0 aliphatic rings. The first-order chi connectivity index (χ1) is 15.2. The summed E-state index contributed by atoms with van der Waals surface area (Å²) in [5.41, 5.74) is 1.88. The smallest absolute Gasteiger partial charge is 0.213 e. The average molecular weight is 461 g/mol. The Hall–Kier alpha value is -2.47. The van der Waals surface area contributed by atoms with E-state index in [2.05, 4.69) is 10.3 Å². The van der Waals surface area contributed by atoms with Gasteiger partial charge in [0, 0.05) is 40.0 Å². The molecule has 0 atom stereocenters. The number of pyridine rings is 1. The standard InChI is InChI=1S/C24H26Cl2N2O3/c1-2-29-22-8-5-7-18(16-27-12-6-14-30-23-9-3-4-13-28-23)24(22)31-17-19-10-11-20(25)15-21(19)26/h3-5,7-11,13,15,27H,2,6,12,14,16-17H2,1H3. The number of benzene rings is 2. The second-order valence-electron chi connectivity index (χ2n) is 6.75. The molecule has 0 fully saturated rings. The molecule has 0 aliphatic carbocycles. The molecule has 3 aromatic rings. The van der Waals surface area contributed by atoms with E-state index in [1.54, 1.807) is 18.3 Å². The average Bonchev–Trinajstić information content (AvgIpc) is 2.77. The second-order valence-corrected chi connectivity index (χ2v) is 7.59. The molecule has 7 heteroatoms. The number of halogens is 2. The topological polar surface area (TPSA) is 52.6 Å². The van der Waals surface area contributed by atoms with Gasteiger partial charge in [0.25, 0.3) is 0 Å². The van der Waals surface area contributed by atoms with E-state index in [1.165, 1.54) is 0 Å². The maximum Gasteiger partial charge on any atom is 0.213 e. The fourth-order valence-corrected chi connectivity index (χ4v) is 3.41. The minimum Gasteiger partial charge on any atom is -0.490 e. The Morgan fingerprint density at radius 2 is 1.84 bits per heavy atom. The van der Waals surface area contributed by atoms with E-state index in [4.69, 9.17) is 37.4 Å². The van der Waals surface area contributed by atoms with Crippen molar-refractivity contribution in [3.05, 3.63) is 82.0 Å². The molecule has 0 bridgehead atoms. The van der Waals surface area contributed by atoms with E-state index < -0.39 is 0 Å². The maximum atomic E-state index is 6.29. The van der Waals surface area contributed by atoms with Crippen LogP contribution in [0.15, 0.2) is 60.8 Å². The van der Waals surface area contributed by atoms with Gasteiger partial charge in [0.15, 0.2) is 11.5 Å². The van der Waals surface area contributed by atoms with Crippen LogP contribution in [-0.2, 0) is 13.2 Å². The van der Waals surface area contributed by atoms with E-state index >= 15 is 0 Å². The Kier molecular flexibility index (Phi) is 9.28. The molecule has 1 heterocycles. The predicted octanol–water partition coefficient (Wildman–Crippen LogP) is 5.92. The third-order valence-corrected chi connectivity index (χ3v) is 5.04. The number of para-hydroxylation sites is 1. The zero-order valence-corrected chi connectivity index (χ0v) is 19.0. The van der Waals surface area contributed by atoms with Gasteiger partial charge in [-0.2, -0.15) is 0 Å². The van der Waals surface area contributed by atoms with Gasteiger partial charge in [-0.25, -0.2) is 4.98 Å². The molecule has 0 unspecified atom stereocenters. The third-order valence-electron chi connectivity index (χ3n) is 4.45. The van der Waals surface area contributed by atoms with Crippen LogP contribution < -0.4 is 19.5 Å². The van der Waals surface area contributed by atoms with Crippen molar-refractivity contribution in [1.82, 2.24) is 10.3 Å². The van der Waals surface area contributed by atoms with E-state index in [0.29, 0.717) is 53.8 Å². The van der Waals surface area contributed by atoms with Crippen LogP contribution in [-0.4, -0.2) is 24.7 Å². The van der Waals surface area contributed by atoms with E-state index in [1.807, 2.05) is 49.4 Å².